The third kappa shape index (κ3) is 4.20. The molecule has 5 nitrogen and oxygen atoms in total. The molecular weight excluding hydrogens is 250 g/mol. The Kier molecular flexibility index (Phi) is 5.35. The summed E-state index contributed by atoms with van der Waals surface area (Å²) < 4.78 is 4.08. The maximum Gasteiger partial charge on any atom is 0.0534 e. The normalized spacial score (nSPS) is 11.4. The number of hydrogen-bond acceptors (Lipinski definition) is 3. The molecule has 0 spiro atoms. The lowest BCUT2D eigenvalue weighted by molar-refractivity contribution is 0.461. The SMILES string of the molecule is CCCn1cc(CNCc2ccnn2CC(C)C)cn1. The van der Waals surface area contributed by atoms with Crippen LogP contribution in [-0.4, -0.2) is 19.6 Å². The van der Waals surface area contributed by atoms with Crippen molar-refractivity contribution in [2.45, 2.75) is 53.4 Å². The predicted octanol–water partition coefficient (Wildman–Crippen LogP) is 2.44. The topological polar surface area (TPSA) is 47.7 Å². The van der Waals surface area contributed by atoms with Crippen LogP contribution in [-0.2, 0) is 26.2 Å². The van der Waals surface area contributed by atoms with Crippen molar-refractivity contribution in [3.05, 3.63) is 35.9 Å². The van der Waals surface area contributed by atoms with Crippen LogP contribution in [0.25, 0.3) is 0 Å². The summed E-state index contributed by atoms with van der Waals surface area (Å²) in [6.45, 7) is 10.2. The van der Waals surface area contributed by atoms with E-state index in [1.807, 2.05) is 17.1 Å². The third-order valence-corrected chi connectivity index (χ3v) is 3.12. The van der Waals surface area contributed by atoms with Crippen LogP contribution in [0.15, 0.2) is 24.7 Å². The summed E-state index contributed by atoms with van der Waals surface area (Å²) in [6.07, 6.45) is 7.04. The Balaban J connectivity index is 1.81. The van der Waals surface area contributed by atoms with E-state index in [4.69, 9.17) is 0 Å². The highest BCUT2D eigenvalue weighted by Gasteiger charge is 2.04. The van der Waals surface area contributed by atoms with Gasteiger partial charge in [-0.3, -0.25) is 9.36 Å². The van der Waals surface area contributed by atoms with Crippen molar-refractivity contribution in [2.24, 2.45) is 5.92 Å². The van der Waals surface area contributed by atoms with E-state index in [0.29, 0.717) is 5.92 Å². The highest BCUT2D eigenvalue weighted by molar-refractivity contribution is 5.05. The molecule has 1 N–H and O–H groups in total. The molecule has 0 saturated carbocycles. The Morgan fingerprint density at radius 3 is 2.85 bits per heavy atom. The molecule has 2 aromatic rings. The van der Waals surface area contributed by atoms with Gasteiger partial charge in [-0.05, 0) is 18.4 Å². The largest absolute Gasteiger partial charge is 0.307 e. The Morgan fingerprint density at radius 2 is 2.10 bits per heavy atom. The highest BCUT2D eigenvalue weighted by Crippen LogP contribution is 2.05. The zero-order chi connectivity index (χ0) is 14.4. The third-order valence-electron chi connectivity index (χ3n) is 3.12. The minimum Gasteiger partial charge on any atom is -0.307 e. The van der Waals surface area contributed by atoms with Crippen LogP contribution < -0.4 is 5.32 Å². The van der Waals surface area contributed by atoms with Crippen LogP contribution in [0.2, 0.25) is 0 Å². The first-order valence-corrected chi connectivity index (χ1v) is 7.41. The van der Waals surface area contributed by atoms with E-state index in [9.17, 15) is 0 Å². The van der Waals surface area contributed by atoms with Crippen molar-refractivity contribution in [3.63, 3.8) is 0 Å². The molecule has 0 unspecified atom stereocenters. The number of aryl methyl sites for hydroxylation is 1. The van der Waals surface area contributed by atoms with Gasteiger partial charge in [-0.2, -0.15) is 10.2 Å². The monoisotopic (exact) mass is 275 g/mol. The lowest BCUT2D eigenvalue weighted by atomic mass is 10.2. The Bertz CT molecular complexity index is 512. The number of nitrogens with one attached hydrogen (secondary N) is 1. The van der Waals surface area contributed by atoms with Crippen molar-refractivity contribution in [1.29, 1.82) is 0 Å². The second-order valence-electron chi connectivity index (χ2n) is 5.61. The van der Waals surface area contributed by atoms with Crippen molar-refractivity contribution < 1.29 is 0 Å². The fourth-order valence-electron chi connectivity index (χ4n) is 2.20. The summed E-state index contributed by atoms with van der Waals surface area (Å²) in [5, 5.41) is 12.2. The van der Waals surface area contributed by atoms with Gasteiger partial charge in [-0.25, -0.2) is 0 Å². The summed E-state index contributed by atoms with van der Waals surface area (Å²) in [6, 6.07) is 2.08. The van der Waals surface area contributed by atoms with Gasteiger partial charge in [0.1, 0.15) is 0 Å². The van der Waals surface area contributed by atoms with Crippen LogP contribution in [0, 0.1) is 5.92 Å². The Labute approximate surface area is 121 Å². The van der Waals surface area contributed by atoms with E-state index < -0.39 is 0 Å². The Morgan fingerprint density at radius 1 is 1.25 bits per heavy atom. The van der Waals surface area contributed by atoms with Gasteiger partial charge in [0.25, 0.3) is 0 Å². The standard InChI is InChI=1S/C15H25N5/c1-4-7-19-12-14(9-18-19)8-16-10-15-5-6-17-20(15)11-13(2)3/h5-6,9,12-13,16H,4,7-8,10-11H2,1-3H3. The molecule has 2 aromatic heterocycles. The summed E-state index contributed by atoms with van der Waals surface area (Å²) in [7, 11) is 0. The second kappa shape index (κ2) is 7.24. The molecular formula is C15H25N5. The highest BCUT2D eigenvalue weighted by atomic mass is 15.3. The molecule has 0 aliphatic carbocycles. The molecule has 0 aromatic carbocycles. The molecule has 110 valence electrons. The van der Waals surface area contributed by atoms with Crippen LogP contribution in [0.5, 0.6) is 0 Å². The van der Waals surface area contributed by atoms with Crippen LogP contribution in [0.4, 0.5) is 0 Å². The average molecular weight is 275 g/mol. The molecule has 0 aliphatic rings. The Hall–Kier alpha value is -1.62. The zero-order valence-electron chi connectivity index (χ0n) is 12.7. The van der Waals surface area contributed by atoms with E-state index in [2.05, 4.69) is 53.2 Å². The fraction of sp³-hybridized carbons (Fsp3) is 0.600. The minimum atomic E-state index is 0.612. The molecule has 0 bridgehead atoms. The lowest BCUT2D eigenvalue weighted by Gasteiger charge is -2.10. The van der Waals surface area contributed by atoms with E-state index in [0.717, 1.165) is 32.6 Å². The molecule has 0 amide bonds. The van der Waals surface area contributed by atoms with Gasteiger partial charge in [-0.15, -0.1) is 0 Å². The number of aromatic nitrogens is 4. The predicted molar refractivity (Wildman–Crippen MR) is 80.1 cm³/mol. The van der Waals surface area contributed by atoms with Gasteiger partial charge in [0.05, 0.1) is 11.9 Å². The average Bonchev–Trinajstić information content (AvgIpc) is 3.00. The van der Waals surface area contributed by atoms with E-state index in [-0.39, 0.29) is 0 Å². The molecule has 0 fully saturated rings. The van der Waals surface area contributed by atoms with E-state index >= 15 is 0 Å². The van der Waals surface area contributed by atoms with Crippen molar-refractivity contribution in [1.82, 2.24) is 24.9 Å². The van der Waals surface area contributed by atoms with Crippen LogP contribution >= 0.6 is 0 Å². The van der Waals surface area contributed by atoms with Crippen molar-refractivity contribution in [3.8, 4) is 0 Å². The fourth-order valence-corrected chi connectivity index (χ4v) is 2.20. The van der Waals surface area contributed by atoms with Crippen LogP contribution in [0.3, 0.4) is 0 Å². The molecule has 0 atom stereocenters. The maximum atomic E-state index is 4.37. The van der Waals surface area contributed by atoms with Crippen molar-refractivity contribution in [2.75, 3.05) is 0 Å². The van der Waals surface area contributed by atoms with Gasteiger partial charge < -0.3 is 5.32 Å². The molecule has 2 rings (SSSR count). The summed E-state index contributed by atoms with van der Waals surface area (Å²) in [5.74, 6) is 0.612. The minimum absolute atomic E-state index is 0.612. The molecule has 0 aliphatic heterocycles. The second-order valence-corrected chi connectivity index (χ2v) is 5.61. The zero-order valence-corrected chi connectivity index (χ0v) is 12.7. The summed E-state index contributed by atoms with van der Waals surface area (Å²) >= 11 is 0. The quantitative estimate of drug-likeness (QED) is 0.805. The van der Waals surface area contributed by atoms with Crippen molar-refractivity contribution >= 4 is 0 Å². The summed E-state index contributed by atoms with van der Waals surface area (Å²) in [5.41, 5.74) is 2.47. The first kappa shape index (κ1) is 14.8. The summed E-state index contributed by atoms with van der Waals surface area (Å²) in [4.78, 5) is 0. The molecule has 5 heteroatoms. The van der Waals surface area contributed by atoms with E-state index in [1.165, 1.54) is 11.3 Å². The van der Waals surface area contributed by atoms with Crippen LogP contribution in [0.1, 0.15) is 38.4 Å². The maximum absolute atomic E-state index is 4.37. The lowest BCUT2D eigenvalue weighted by Crippen LogP contribution is -2.17. The number of nitrogens with zero attached hydrogens (tertiary/aromatic N) is 4. The van der Waals surface area contributed by atoms with Gasteiger partial charge in [0.15, 0.2) is 0 Å². The van der Waals surface area contributed by atoms with E-state index in [1.54, 1.807) is 0 Å². The molecule has 2 heterocycles. The molecule has 20 heavy (non-hydrogen) atoms. The smallest absolute Gasteiger partial charge is 0.0534 e. The van der Waals surface area contributed by atoms with Gasteiger partial charge in [0, 0.05) is 44.1 Å². The first-order chi connectivity index (χ1) is 9.69. The van der Waals surface area contributed by atoms with Gasteiger partial charge in [0.2, 0.25) is 0 Å². The molecule has 0 radical (unpaired) electrons. The van der Waals surface area contributed by atoms with Gasteiger partial charge >= 0.3 is 0 Å². The van der Waals surface area contributed by atoms with Gasteiger partial charge in [-0.1, -0.05) is 20.8 Å². The number of rotatable bonds is 8. The number of hydrogen-bond donors (Lipinski definition) is 1. The first-order valence-electron chi connectivity index (χ1n) is 7.41. The molecule has 0 saturated heterocycles.